The number of ether oxygens (including phenoxy) is 1. The lowest BCUT2D eigenvalue weighted by atomic mass is 9.96. The summed E-state index contributed by atoms with van der Waals surface area (Å²) in [4.78, 5) is 24.1. The lowest BCUT2D eigenvalue weighted by Crippen LogP contribution is -2.24. The number of aromatic nitrogens is 1. The van der Waals surface area contributed by atoms with E-state index in [1.54, 1.807) is 0 Å². The molecule has 2 fully saturated rings. The third kappa shape index (κ3) is 5.15. The van der Waals surface area contributed by atoms with Crippen molar-refractivity contribution in [1.29, 1.82) is 0 Å². The van der Waals surface area contributed by atoms with Gasteiger partial charge in [0, 0.05) is 12.6 Å². The number of carbonyl (C=O) groups is 1. The van der Waals surface area contributed by atoms with Gasteiger partial charge >= 0.3 is 13.4 Å². The van der Waals surface area contributed by atoms with Crippen molar-refractivity contribution in [2.75, 3.05) is 20.2 Å². The Labute approximate surface area is 187 Å². The van der Waals surface area contributed by atoms with Crippen LogP contribution in [0.1, 0.15) is 43.1 Å². The number of hydrogen-bond acceptors (Lipinski definition) is 5. The molecule has 1 saturated heterocycles. The highest BCUT2D eigenvalue weighted by Gasteiger charge is 2.41. The molecule has 6 nitrogen and oxygen atoms in total. The Bertz CT molecular complexity index is 1100. The fourth-order valence-corrected chi connectivity index (χ4v) is 4.02. The van der Waals surface area contributed by atoms with Gasteiger partial charge in [-0.1, -0.05) is 20.3 Å². The molecule has 0 amide bonds. The zero-order chi connectivity index (χ0) is 24.4. The number of fused-ring (bicyclic) bond motifs is 1. The molecule has 1 saturated carbocycles. The summed E-state index contributed by atoms with van der Waals surface area (Å²) in [5.41, 5.74) is -2.28. The molecule has 2 aliphatic rings. The molecule has 0 bridgehead atoms. The van der Waals surface area contributed by atoms with E-state index in [1.165, 1.54) is 19.5 Å². The molecule has 4 atom stereocenters. The van der Waals surface area contributed by atoms with Gasteiger partial charge in [-0.15, -0.1) is 0 Å². The molecule has 12 heteroatoms. The smallest absolute Gasteiger partial charge is 0.491 e. The molecule has 2 heterocycles. The van der Waals surface area contributed by atoms with E-state index >= 15 is 0 Å². The van der Waals surface area contributed by atoms with E-state index in [9.17, 15) is 31.4 Å². The number of nitrogens with zero attached hydrogens (tertiary/aromatic N) is 1. The van der Waals surface area contributed by atoms with E-state index in [0.29, 0.717) is 6.07 Å². The summed E-state index contributed by atoms with van der Waals surface area (Å²) in [5, 5.41) is 2.86. The van der Waals surface area contributed by atoms with Crippen molar-refractivity contribution < 1.29 is 36.0 Å². The molecule has 1 N–H and O–H groups in total. The van der Waals surface area contributed by atoms with Crippen molar-refractivity contribution in [3.05, 3.63) is 39.7 Å². The largest absolute Gasteiger partial charge is 0.798 e. The van der Waals surface area contributed by atoms with E-state index in [1.807, 2.05) is 0 Å². The van der Waals surface area contributed by atoms with Gasteiger partial charge in [0.15, 0.2) is 11.6 Å². The average Bonchev–Trinajstić information content (AvgIpc) is 3.33. The van der Waals surface area contributed by atoms with Crippen LogP contribution in [0.5, 0.6) is 5.75 Å². The molecule has 0 unspecified atom stereocenters. The highest BCUT2D eigenvalue weighted by molar-refractivity contribution is 6.38. The molecule has 2 aromatic rings. The second-order valence-electron chi connectivity index (χ2n) is 8.17. The van der Waals surface area contributed by atoms with Gasteiger partial charge < -0.3 is 19.3 Å². The van der Waals surface area contributed by atoms with Gasteiger partial charge in [0.2, 0.25) is 11.2 Å². The van der Waals surface area contributed by atoms with Crippen molar-refractivity contribution in [2.24, 2.45) is 11.8 Å². The van der Waals surface area contributed by atoms with E-state index in [2.05, 4.69) is 23.8 Å². The van der Waals surface area contributed by atoms with Gasteiger partial charge in [0.25, 0.3) is 0 Å². The highest BCUT2D eigenvalue weighted by Crippen LogP contribution is 2.43. The molecule has 1 aliphatic heterocycles. The third-order valence-corrected chi connectivity index (χ3v) is 6.03. The number of hydrogen-bond donors (Lipinski definition) is 1. The SMILES string of the molecule is CC[C@H]1CNC[C@H]1C.COc1c(F)c(F)cc2c(=O)c(C(=O)OB(F)F)cn([C@@H]3C[C@@H]3F)c12. The Morgan fingerprint density at radius 2 is 1.97 bits per heavy atom. The Balaban J connectivity index is 0.000000323. The van der Waals surface area contributed by atoms with Crippen molar-refractivity contribution in [2.45, 2.75) is 38.9 Å². The number of halogens is 5. The standard InChI is InChI=1S/C14H9BF5NO4.C7H15N/c1-24-13-10(18)8(17)2-5-11(13)21(9-3-7(9)16)4-6(12(5)22)14(23)25-15(19)20;1-3-7-5-8-4-6(7)2/h2,4,7,9H,3H2,1H3;6-8H,3-5H2,1-2H3/t7-,9+;6-,7+/m01/s1. The first-order valence-electron chi connectivity index (χ1n) is 10.5. The molecule has 1 aliphatic carbocycles. The van der Waals surface area contributed by atoms with Crippen molar-refractivity contribution in [3.8, 4) is 5.75 Å². The lowest BCUT2D eigenvalue weighted by molar-refractivity contribution is 0.0693. The summed E-state index contributed by atoms with van der Waals surface area (Å²) in [6, 6.07) is -0.374. The molecule has 1 aromatic heterocycles. The van der Waals surface area contributed by atoms with Crippen molar-refractivity contribution in [1.82, 2.24) is 9.88 Å². The summed E-state index contributed by atoms with van der Waals surface area (Å²) >= 11 is 0. The van der Waals surface area contributed by atoms with E-state index in [4.69, 9.17) is 4.74 Å². The number of benzene rings is 1. The molecule has 1 aromatic carbocycles. The van der Waals surface area contributed by atoms with Crippen LogP contribution in [-0.2, 0) is 4.65 Å². The first kappa shape index (κ1) is 25.0. The predicted octanol–water partition coefficient (Wildman–Crippen LogP) is 3.90. The Morgan fingerprint density at radius 3 is 2.42 bits per heavy atom. The summed E-state index contributed by atoms with van der Waals surface area (Å²) in [7, 11) is -2.46. The molecular weight excluding hydrogens is 450 g/mol. The maximum Gasteiger partial charge on any atom is 0.798 e. The average molecular weight is 474 g/mol. The van der Waals surface area contributed by atoms with Gasteiger partial charge in [-0.05, 0) is 31.0 Å². The minimum absolute atomic E-state index is 0.0105. The maximum atomic E-state index is 14.0. The monoisotopic (exact) mass is 474 g/mol. The minimum atomic E-state index is -3.48. The van der Waals surface area contributed by atoms with Gasteiger partial charge in [-0.2, -0.15) is 4.39 Å². The quantitative estimate of drug-likeness (QED) is 0.526. The fourth-order valence-electron chi connectivity index (χ4n) is 4.02. The van der Waals surface area contributed by atoms with Gasteiger partial charge in [0.1, 0.15) is 11.7 Å². The molecule has 0 spiro atoms. The summed E-state index contributed by atoms with van der Waals surface area (Å²) in [6.07, 6.45) is 0.763. The van der Waals surface area contributed by atoms with Crippen LogP contribution in [0.2, 0.25) is 0 Å². The van der Waals surface area contributed by atoms with Gasteiger partial charge in [0.05, 0.1) is 24.1 Å². The second kappa shape index (κ2) is 10.1. The number of nitrogens with one attached hydrogen (secondary N) is 1. The summed E-state index contributed by atoms with van der Waals surface area (Å²) in [6.45, 7) is 7.08. The number of methoxy groups -OCH3 is 1. The number of pyridine rings is 1. The van der Waals surface area contributed by atoms with E-state index < -0.39 is 59.4 Å². The van der Waals surface area contributed by atoms with Crippen LogP contribution in [0.15, 0.2) is 17.1 Å². The Kier molecular flexibility index (Phi) is 7.66. The minimum Gasteiger partial charge on any atom is -0.491 e. The first-order valence-corrected chi connectivity index (χ1v) is 10.5. The van der Waals surface area contributed by atoms with Crippen LogP contribution >= 0.6 is 0 Å². The lowest BCUT2D eigenvalue weighted by Gasteiger charge is -2.16. The van der Waals surface area contributed by atoms with Crippen LogP contribution < -0.4 is 15.5 Å². The van der Waals surface area contributed by atoms with Crippen LogP contribution in [0.3, 0.4) is 0 Å². The van der Waals surface area contributed by atoms with Gasteiger partial charge in [-0.3, -0.25) is 4.79 Å². The number of alkyl halides is 1. The Hall–Kier alpha value is -2.63. The third-order valence-electron chi connectivity index (χ3n) is 6.03. The van der Waals surface area contributed by atoms with Crippen LogP contribution in [-0.4, -0.2) is 44.4 Å². The predicted molar refractivity (Wildman–Crippen MR) is 112 cm³/mol. The Morgan fingerprint density at radius 1 is 1.30 bits per heavy atom. The summed E-state index contributed by atoms with van der Waals surface area (Å²) in [5.74, 6) is -3.28. The van der Waals surface area contributed by atoms with Crippen LogP contribution in [0, 0.1) is 23.5 Å². The molecule has 4 rings (SSSR count). The van der Waals surface area contributed by atoms with Crippen molar-refractivity contribution in [3.63, 3.8) is 0 Å². The number of rotatable bonds is 5. The topological polar surface area (TPSA) is 69.6 Å². The van der Waals surface area contributed by atoms with E-state index in [0.717, 1.165) is 29.7 Å². The van der Waals surface area contributed by atoms with Crippen LogP contribution in [0.4, 0.5) is 21.8 Å². The number of carbonyl (C=O) groups excluding carboxylic acids is 1. The molecule has 180 valence electrons. The van der Waals surface area contributed by atoms with Crippen LogP contribution in [0.25, 0.3) is 10.9 Å². The molecule has 33 heavy (non-hydrogen) atoms. The first-order chi connectivity index (χ1) is 15.6. The van der Waals surface area contributed by atoms with E-state index in [-0.39, 0.29) is 11.9 Å². The van der Waals surface area contributed by atoms with Crippen molar-refractivity contribution >= 4 is 24.3 Å². The fraction of sp³-hybridized carbons (Fsp3) is 0.524. The van der Waals surface area contributed by atoms with Gasteiger partial charge in [-0.25, -0.2) is 22.2 Å². The zero-order valence-corrected chi connectivity index (χ0v) is 18.3. The highest BCUT2D eigenvalue weighted by atomic mass is 19.2. The zero-order valence-electron chi connectivity index (χ0n) is 18.3. The second-order valence-corrected chi connectivity index (χ2v) is 8.17. The molecular formula is C21H24BF5N2O4. The normalized spacial score (nSPS) is 23.6. The molecule has 0 radical (unpaired) electrons. The summed E-state index contributed by atoms with van der Waals surface area (Å²) < 4.78 is 75.1. The maximum absolute atomic E-state index is 14.0.